The molecule has 18 heavy (non-hydrogen) atoms. The highest BCUT2D eigenvalue weighted by atomic mass is 19.1. The molecule has 1 atom stereocenters. The normalized spacial score (nSPS) is 17.5. The van der Waals surface area contributed by atoms with Gasteiger partial charge in [0, 0.05) is 0 Å². The summed E-state index contributed by atoms with van der Waals surface area (Å²) in [6.07, 6.45) is 0.0719. The van der Waals surface area contributed by atoms with Gasteiger partial charge in [-0.05, 0) is 23.3 Å². The molecule has 1 aliphatic rings. The van der Waals surface area contributed by atoms with E-state index in [1.807, 2.05) is 36.4 Å². The van der Waals surface area contributed by atoms with E-state index in [1.54, 1.807) is 6.07 Å². The molecule has 0 N–H and O–H groups in total. The van der Waals surface area contributed by atoms with Crippen LogP contribution in [0.1, 0.15) is 17.2 Å². The Bertz CT molecular complexity index is 535. The van der Waals surface area contributed by atoms with E-state index in [1.165, 1.54) is 6.07 Å². The van der Waals surface area contributed by atoms with Crippen molar-refractivity contribution in [3.05, 3.63) is 65.5 Å². The van der Waals surface area contributed by atoms with Gasteiger partial charge in [0.2, 0.25) is 0 Å². The lowest BCUT2D eigenvalue weighted by Crippen LogP contribution is -1.97. The fourth-order valence-corrected chi connectivity index (χ4v) is 1.81. The van der Waals surface area contributed by atoms with E-state index in [4.69, 9.17) is 9.47 Å². The largest absolute Gasteiger partial charge is 0.486 e. The highest BCUT2D eigenvalue weighted by Gasteiger charge is 2.25. The predicted octanol–water partition coefficient (Wildman–Crippen LogP) is 3.48. The van der Waals surface area contributed by atoms with Gasteiger partial charge < -0.3 is 9.47 Å². The second-order valence-electron chi connectivity index (χ2n) is 4.29. The first-order chi connectivity index (χ1) is 8.83. The van der Waals surface area contributed by atoms with Crippen molar-refractivity contribution in [1.82, 2.24) is 0 Å². The minimum atomic E-state index is -0.334. The zero-order chi connectivity index (χ0) is 12.4. The van der Waals surface area contributed by atoms with Crippen LogP contribution in [0.4, 0.5) is 4.39 Å². The minimum Gasteiger partial charge on any atom is -0.486 e. The van der Waals surface area contributed by atoms with Crippen LogP contribution in [0.5, 0.6) is 5.75 Å². The third-order valence-corrected chi connectivity index (χ3v) is 2.90. The van der Waals surface area contributed by atoms with Crippen molar-refractivity contribution in [1.29, 1.82) is 0 Å². The van der Waals surface area contributed by atoms with Crippen LogP contribution < -0.4 is 4.74 Å². The molecule has 0 amide bonds. The highest BCUT2D eigenvalue weighted by molar-refractivity contribution is 5.32. The van der Waals surface area contributed by atoms with Gasteiger partial charge in [-0.2, -0.15) is 0 Å². The fraction of sp³-hybridized carbons (Fsp3) is 0.200. The highest BCUT2D eigenvalue weighted by Crippen LogP contribution is 2.32. The van der Waals surface area contributed by atoms with Crippen molar-refractivity contribution >= 4 is 0 Å². The van der Waals surface area contributed by atoms with Crippen LogP contribution in [-0.4, -0.2) is 6.61 Å². The van der Waals surface area contributed by atoms with Gasteiger partial charge in [-0.25, -0.2) is 4.39 Å². The molecule has 1 aliphatic heterocycles. The lowest BCUT2D eigenvalue weighted by atomic mass is 10.1. The van der Waals surface area contributed by atoms with Gasteiger partial charge in [-0.3, -0.25) is 0 Å². The molecule has 1 unspecified atom stereocenters. The summed E-state index contributed by atoms with van der Waals surface area (Å²) in [6, 6.07) is 14.7. The topological polar surface area (TPSA) is 21.8 Å². The van der Waals surface area contributed by atoms with Crippen molar-refractivity contribution in [3.63, 3.8) is 0 Å². The zero-order valence-corrected chi connectivity index (χ0v) is 9.80. The number of rotatable bonds is 4. The van der Waals surface area contributed by atoms with Gasteiger partial charge in [0.25, 0.3) is 0 Å². The Morgan fingerprint density at radius 3 is 2.61 bits per heavy atom. The molecule has 0 aromatic heterocycles. The Morgan fingerprint density at radius 2 is 1.94 bits per heavy atom. The molecule has 1 heterocycles. The molecule has 2 nitrogen and oxygen atoms in total. The van der Waals surface area contributed by atoms with Crippen molar-refractivity contribution in [3.8, 4) is 5.75 Å². The fourth-order valence-electron chi connectivity index (χ4n) is 1.81. The maximum absolute atomic E-state index is 13.8. The first kappa shape index (κ1) is 11.2. The van der Waals surface area contributed by atoms with Gasteiger partial charge in [0.15, 0.2) is 11.6 Å². The first-order valence-corrected chi connectivity index (χ1v) is 5.91. The first-order valence-electron chi connectivity index (χ1n) is 5.91. The molecular weight excluding hydrogens is 231 g/mol. The minimum absolute atomic E-state index is 0.0719. The average Bonchev–Trinajstić information content (AvgIpc) is 3.23. The number of hydrogen-bond acceptors (Lipinski definition) is 2. The summed E-state index contributed by atoms with van der Waals surface area (Å²) in [4.78, 5) is 0. The maximum Gasteiger partial charge on any atom is 0.165 e. The molecule has 2 aromatic carbocycles. The van der Waals surface area contributed by atoms with Gasteiger partial charge in [-0.15, -0.1) is 0 Å². The molecule has 0 radical (unpaired) electrons. The van der Waals surface area contributed by atoms with Crippen LogP contribution in [0.15, 0.2) is 48.5 Å². The van der Waals surface area contributed by atoms with E-state index in [-0.39, 0.29) is 17.7 Å². The van der Waals surface area contributed by atoms with Crippen molar-refractivity contribution in [2.45, 2.75) is 12.7 Å². The van der Waals surface area contributed by atoms with Crippen LogP contribution in [0, 0.1) is 5.82 Å². The molecule has 92 valence electrons. The van der Waals surface area contributed by atoms with E-state index in [2.05, 4.69) is 0 Å². The molecule has 0 saturated carbocycles. The molecule has 3 rings (SSSR count). The van der Waals surface area contributed by atoms with Crippen LogP contribution in [0.25, 0.3) is 0 Å². The number of benzene rings is 2. The summed E-state index contributed by atoms with van der Waals surface area (Å²) >= 11 is 0. The summed E-state index contributed by atoms with van der Waals surface area (Å²) in [6.45, 7) is 1.06. The molecule has 1 saturated heterocycles. The van der Waals surface area contributed by atoms with E-state index in [0.29, 0.717) is 13.2 Å². The standard InChI is InChI=1S/C15H13FO2/c16-13-8-12(15-10-18-15)6-7-14(13)17-9-11-4-2-1-3-5-11/h1-8,15H,9-10H2. The summed E-state index contributed by atoms with van der Waals surface area (Å²) in [5, 5.41) is 0. The number of hydrogen-bond donors (Lipinski definition) is 0. The smallest absolute Gasteiger partial charge is 0.165 e. The second kappa shape index (κ2) is 4.78. The van der Waals surface area contributed by atoms with Crippen LogP contribution >= 0.6 is 0 Å². The Labute approximate surface area is 105 Å². The lowest BCUT2D eigenvalue weighted by Gasteiger charge is -2.08. The van der Waals surface area contributed by atoms with Crippen LogP contribution in [0.2, 0.25) is 0 Å². The molecule has 1 fully saturated rings. The lowest BCUT2D eigenvalue weighted by molar-refractivity contribution is 0.290. The molecule has 0 spiro atoms. The third kappa shape index (κ3) is 2.51. The summed E-state index contributed by atoms with van der Waals surface area (Å²) in [7, 11) is 0. The number of halogens is 1. The van der Waals surface area contributed by atoms with Crippen molar-refractivity contribution in [2.24, 2.45) is 0 Å². The van der Waals surface area contributed by atoms with Crippen molar-refractivity contribution < 1.29 is 13.9 Å². The Hall–Kier alpha value is -1.87. The van der Waals surface area contributed by atoms with Crippen LogP contribution in [0.3, 0.4) is 0 Å². The predicted molar refractivity (Wildman–Crippen MR) is 65.9 cm³/mol. The van der Waals surface area contributed by atoms with Gasteiger partial charge in [-0.1, -0.05) is 36.4 Å². The molecule has 3 heteroatoms. The van der Waals surface area contributed by atoms with E-state index in [9.17, 15) is 4.39 Å². The van der Waals surface area contributed by atoms with Crippen molar-refractivity contribution in [2.75, 3.05) is 6.61 Å². The average molecular weight is 244 g/mol. The quantitative estimate of drug-likeness (QED) is 0.768. The van der Waals surface area contributed by atoms with E-state index in [0.717, 1.165) is 11.1 Å². The summed E-state index contributed by atoms with van der Waals surface area (Å²) in [5.74, 6) is -0.0535. The Morgan fingerprint density at radius 1 is 1.17 bits per heavy atom. The Kier molecular flexibility index (Phi) is 2.99. The monoisotopic (exact) mass is 244 g/mol. The van der Waals surface area contributed by atoms with Gasteiger partial charge >= 0.3 is 0 Å². The van der Waals surface area contributed by atoms with E-state index >= 15 is 0 Å². The van der Waals surface area contributed by atoms with Crippen LogP contribution in [-0.2, 0) is 11.3 Å². The SMILES string of the molecule is Fc1cc(C2CO2)ccc1OCc1ccccc1. The molecule has 2 aromatic rings. The second-order valence-corrected chi connectivity index (χ2v) is 4.29. The van der Waals surface area contributed by atoms with Gasteiger partial charge in [0.05, 0.1) is 6.61 Å². The molecular formula is C15H13FO2. The summed E-state index contributed by atoms with van der Waals surface area (Å²) in [5.41, 5.74) is 1.89. The number of ether oxygens (including phenoxy) is 2. The Balaban J connectivity index is 1.69. The molecule has 0 aliphatic carbocycles. The molecule has 0 bridgehead atoms. The summed E-state index contributed by atoms with van der Waals surface area (Å²) < 4.78 is 24.3. The van der Waals surface area contributed by atoms with E-state index < -0.39 is 0 Å². The third-order valence-electron chi connectivity index (χ3n) is 2.90. The van der Waals surface area contributed by atoms with Gasteiger partial charge in [0.1, 0.15) is 12.7 Å². The zero-order valence-electron chi connectivity index (χ0n) is 9.80. The maximum atomic E-state index is 13.8. The number of epoxide rings is 1.